The molecule has 2 aliphatic carbocycles. The van der Waals surface area contributed by atoms with Crippen molar-refractivity contribution in [3.63, 3.8) is 0 Å². The summed E-state index contributed by atoms with van der Waals surface area (Å²) in [6.07, 6.45) is 21.0. The van der Waals surface area contributed by atoms with Crippen LogP contribution >= 0.6 is 12.8 Å². The van der Waals surface area contributed by atoms with Crippen LogP contribution < -0.4 is 5.14 Å². The van der Waals surface area contributed by atoms with Gasteiger partial charge in [-0.2, -0.15) is 0 Å². The number of thiol groups is 1. The van der Waals surface area contributed by atoms with E-state index in [1.54, 1.807) is 18.4 Å². The zero-order chi connectivity index (χ0) is 40.9. The summed E-state index contributed by atoms with van der Waals surface area (Å²) in [5.74, 6) is 0. The molecule has 9 rings (SSSR count). The second-order valence-corrected chi connectivity index (χ2v) is 14.4. The van der Waals surface area contributed by atoms with Crippen LogP contribution in [0.3, 0.4) is 0 Å². The Morgan fingerprint density at radius 2 is 1.14 bits per heavy atom. The maximum absolute atomic E-state index is 5.00. The van der Waals surface area contributed by atoms with E-state index in [9.17, 15) is 0 Å². The predicted octanol–water partition coefficient (Wildman–Crippen LogP) is 14.0. The highest BCUT2D eigenvalue weighted by atomic mass is 32.1. The van der Waals surface area contributed by atoms with E-state index in [1.807, 2.05) is 56.5 Å². The number of nitrogens with zero attached hydrogens (tertiary/aromatic N) is 2. The van der Waals surface area contributed by atoms with Crippen molar-refractivity contribution in [1.29, 1.82) is 0 Å². The first kappa shape index (κ1) is 39.0. The third-order valence-corrected chi connectivity index (χ3v) is 11.4. The maximum atomic E-state index is 5.00. The number of benzene rings is 7. The molecule has 2 N–H and O–H groups in total. The number of nitrogens with two attached hydrogens (primary N) is 1. The predicted molar refractivity (Wildman–Crippen MR) is 259 cm³/mol. The molecule has 0 bridgehead atoms. The molecule has 4 heteroatoms. The summed E-state index contributed by atoms with van der Waals surface area (Å²) in [5.41, 5.74) is 13.3. The molecule has 2 aliphatic rings. The lowest BCUT2D eigenvalue weighted by Gasteiger charge is -2.31. The lowest BCUT2D eigenvalue weighted by atomic mass is 9.70. The van der Waals surface area contributed by atoms with Crippen LogP contribution in [0.2, 0.25) is 0 Å². The first-order chi connectivity index (χ1) is 29.1. The van der Waals surface area contributed by atoms with Gasteiger partial charge in [-0.05, 0) is 127 Å². The largest absolute Gasteiger partial charge is 0.281 e. The average molecular weight is 780 g/mol. The highest BCUT2D eigenvalue weighted by Crippen LogP contribution is 2.63. The van der Waals surface area contributed by atoms with Gasteiger partial charge in [0.25, 0.3) is 0 Å². The number of hydrogen-bond acceptors (Lipinski definition) is 4. The van der Waals surface area contributed by atoms with Crippen LogP contribution in [0.1, 0.15) is 41.7 Å². The second-order valence-electron chi connectivity index (χ2n) is 14.4. The quantitative estimate of drug-likeness (QED) is 0.0652. The Bertz CT molecular complexity index is 3020. The zero-order valence-electron chi connectivity index (χ0n) is 33.3. The van der Waals surface area contributed by atoms with Crippen molar-refractivity contribution in [2.24, 2.45) is 15.1 Å². The van der Waals surface area contributed by atoms with Gasteiger partial charge in [0.1, 0.15) is 0 Å². The molecule has 1 spiro atoms. The molecule has 3 nitrogen and oxygen atoms in total. The summed E-state index contributed by atoms with van der Waals surface area (Å²) < 4.78 is 0. The smallest absolute Gasteiger partial charge is 0.0725 e. The molecule has 0 amide bonds. The van der Waals surface area contributed by atoms with Crippen molar-refractivity contribution < 1.29 is 0 Å². The number of hydrogen-bond donors (Lipinski definition) is 2. The van der Waals surface area contributed by atoms with Crippen molar-refractivity contribution in [2.45, 2.75) is 19.3 Å². The van der Waals surface area contributed by atoms with Crippen molar-refractivity contribution in [3.8, 4) is 22.3 Å². The van der Waals surface area contributed by atoms with Gasteiger partial charge in [-0.1, -0.05) is 165 Å². The summed E-state index contributed by atoms with van der Waals surface area (Å²) in [6.45, 7) is 11.8. The molecule has 0 aliphatic heterocycles. The lowest BCUT2D eigenvalue weighted by molar-refractivity contribution is 0.795. The van der Waals surface area contributed by atoms with E-state index in [1.165, 1.54) is 76.8 Å². The molecule has 0 heterocycles. The van der Waals surface area contributed by atoms with Crippen LogP contribution in [0.4, 0.5) is 0 Å². The fraction of sp³-hybridized carbons (Fsp3) is 0.0545. The van der Waals surface area contributed by atoms with Gasteiger partial charge < -0.3 is 0 Å². The molecule has 0 saturated carbocycles. The van der Waals surface area contributed by atoms with Crippen molar-refractivity contribution in [1.82, 2.24) is 0 Å². The summed E-state index contributed by atoms with van der Waals surface area (Å²) in [6, 6.07) is 47.6. The van der Waals surface area contributed by atoms with Crippen molar-refractivity contribution in [2.75, 3.05) is 0 Å². The molecule has 286 valence electrons. The summed E-state index contributed by atoms with van der Waals surface area (Å²) in [4.78, 5) is 9.89. The summed E-state index contributed by atoms with van der Waals surface area (Å²) in [7, 11) is 0. The van der Waals surface area contributed by atoms with Gasteiger partial charge in [0.05, 0.1) is 16.8 Å². The van der Waals surface area contributed by atoms with Gasteiger partial charge in [0, 0.05) is 18.0 Å². The second kappa shape index (κ2) is 16.9. The molecule has 1 atom stereocenters. The van der Waals surface area contributed by atoms with E-state index in [4.69, 9.17) is 9.98 Å². The van der Waals surface area contributed by atoms with Crippen molar-refractivity contribution >= 4 is 57.1 Å². The normalized spacial score (nSPS) is 16.0. The molecule has 59 heavy (non-hydrogen) atoms. The molecular formula is C55H45N3S. The van der Waals surface area contributed by atoms with Crippen LogP contribution in [-0.2, 0) is 5.41 Å². The molecule has 0 fully saturated rings. The first-order valence-corrected chi connectivity index (χ1v) is 20.3. The Balaban J connectivity index is 0.00000238. The van der Waals surface area contributed by atoms with Crippen LogP contribution in [0.25, 0.3) is 54.6 Å². The van der Waals surface area contributed by atoms with Crippen LogP contribution in [0.15, 0.2) is 223 Å². The Morgan fingerprint density at radius 3 is 1.73 bits per heavy atom. The maximum Gasteiger partial charge on any atom is 0.0725 e. The average Bonchev–Trinajstić information content (AvgIpc) is 3.75. The van der Waals surface area contributed by atoms with E-state index >= 15 is 0 Å². The first-order valence-electron chi connectivity index (χ1n) is 19.8. The minimum atomic E-state index is -0.494. The SMILES string of the molecule is C=C\C=C\C=N/C(=C\C(=N/C=C\C)c1ccc2c(c1)-c1ccccc1C21c2ccccc2-c2cc3c4ccccc4c4ccccc4c3cc21)C(/C=C\C)=C/C=C.NS. The molecule has 0 saturated heterocycles. The van der Waals surface area contributed by atoms with Gasteiger partial charge in [0.15, 0.2) is 0 Å². The Kier molecular flexibility index (Phi) is 11.2. The highest BCUT2D eigenvalue weighted by Gasteiger charge is 2.51. The molecule has 7 aromatic carbocycles. The topological polar surface area (TPSA) is 50.7 Å². The molecule has 1 unspecified atom stereocenters. The number of aliphatic imine (C=N–C) groups is 2. The Hall–Kier alpha value is -6.85. The summed E-state index contributed by atoms with van der Waals surface area (Å²) >= 11 is 3.03. The van der Waals surface area contributed by atoms with Gasteiger partial charge in [-0.3, -0.25) is 15.1 Å². The molecule has 0 aromatic heterocycles. The van der Waals surface area contributed by atoms with Gasteiger partial charge in [-0.15, -0.1) is 12.8 Å². The minimum Gasteiger partial charge on any atom is -0.281 e. The van der Waals surface area contributed by atoms with Crippen LogP contribution in [-0.4, -0.2) is 11.9 Å². The van der Waals surface area contributed by atoms with E-state index in [0.717, 1.165) is 22.5 Å². The van der Waals surface area contributed by atoms with Crippen LogP contribution in [0, 0.1) is 0 Å². The molecule has 7 aromatic rings. The number of fused-ring (bicyclic) bond motifs is 16. The van der Waals surface area contributed by atoms with E-state index in [2.05, 4.69) is 165 Å². The minimum absolute atomic E-state index is 0.494. The van der Waals surface area contributed by atoms with Crippen LogP contribution in [0.5, 0.6) is 0 Å². The van der Waals surface area contributed by atoms with Gasteiger partial charge in [0.2, 0.25) is 0 Å². The lowest BCUT2D eigenvalue weighted by Crippen LogP contribution is -2.25. The number of allylic oxidation sites excluding steroid dienone is 9. The Morgan fingerprint density at radius 1 is 0.576 bits per heavy atom. The monoisotopic (exact) mass is 779 g/mol. The van der Waals surface area contributed by atoms with Crippen molar-refractivity contribution in [3.05, 3.63) is 241 Å². The molecular weight excluding hydrogens is 735 g/mol. The highest BCUT2D eigenvalue weighted by molar-refractivity contribution is 7.77. The van der Waals surface area contributed by atoms with Gasteiger partial charge in [-0.25, -0.2) is 0 Å². The van der Waals surface area contributed by atoms with E-state index < -0.39 is 5.41 Å². The van der Waals surface area contributed by atoms with E-state index in [-0.39, 0.29) is 0 Å². The zero-order valence-corrected chi connectivity index (χ0v) is 34.2. The van der Waals surface area contributed by atoms with Gasteiger partial charge >= 0.3 is 0 Å². The fourth-order valence-electron chi connectivity index (χ4n) is 9.16. The summed E-state index contributed by atoms with van der Waals surface area (Å²) in [5, 5.41) is 11.9. The third-order valence-electron chi connectivity index (χ3n) is 11.4. The van der Waals surface area contributed by atoms with E-state index in [0.29, 0.717) is 0 Å². The standard InChI is InChI=1S/C55H42N2.H3NS/c1-5-9-18-32-57-53(37(19-6-2)20-7-3)36-54(56-31-8-4)38-29-30-51-47(33-38)43-25-14-16-27-49(43)55(51)50-28-17-15-26-44(50)48-34-45-41-23-12-10-21-39(41)40-22-11-13-24-42(40)46(45)35-52(48)55;1-2/h5-36H,1-2H2,3-4H3;2H,1H2/b18-9+,20-7-,31-8-,37-19+,53-36-,56-54+,57-32-;. The number of rotatable bonds is 9. The molecule has 0 radical (unpaired) electrons. The third kappa shape index (κ3) is 6.47. The fourth-order valence-corrected chi connectivity index (χ4v) is 9.16. The Labute approximate surface area is 352 Å².